The lowest BCUT2D eigenvalue weighted by Gasteiger charge is -2.12. The van der Waals surface area contributed by atoms with Crippen LogP contribution < -0.4 is 5.32 Å². The molecule has 8 heteroatoms. The Morgan fingerprint density at radius 1 is 1.04 bits per heavy atom. The largest absolute Gasteiger partial charge is 0.344 e. The number of anilines is 1. The van der Waals surface area contributed by atoms with Gasteiger partial charge in [-0.2, -0.15) is 0 Å². The maximum absolute atomic E-state index is 11.6. The van der Waals surface area contributed by atoms with Crippen LogP contribution in [0.15, 0.2) is 85.3 Å². The predicted molar refractivity (Wildman–Crippen MR) is 104 cm³/mol. The Balaban J connectivity index is 2.53. The van der Waals surface area contributed by atoms with E-state index in [1.165, 1.54) is 11.8 Å². The normalized spacial score (nSPS) is 13.0. The lowest BCUT2D eigenvalue weighted by Crippen LogP contribution is -2.09. The molecule has 2 aromatic rings. The van der Waals surface area contributed by atoms with Crippen molar-refractivity contribution in [1.82, 2.24) is 0 Å². The maximum Gasteiger partial charge on any atom is 0.320 e. The van der Waals surface area contributed by atoms with Crippen LogP contribution >= 0.6 is 50.9 Å². The topological polar surface area (TPSA) is 55.2 Å². The molecule has 0 heterocycles. The second-order valence-electron chi connectivity index (χ2n) is 4.42. The van der Waals surface area contributed by atoms with Crippen molar-refractivity contribution in [2.75, 3.05) is 5.32 Å². The monoisotopic (exact) mass is 444 g/mol. The van der Waals surface area contributed by atoms with E-state index in [1.807, 2.05) is 48.5 Å². The van der Waals surface area contributed by atoms with Crippen molar-refractivity contribution in [2.45, 2.75) is 4.90 Å². The number of para-hydroxylation sites is 1. The third-order valence-electron chi connectivity index (χ3n) is 2.77. The Kier molecular flexibility index (Phi) is 7.17. The van der Waals surface area contributed by atoms with Gasteiger partial charge in [0.2, 0.25) is 0 Å². The average molecular weight is 446 g/mol. The summed E-state index contributed by atoms with van der Waals surface area (Å²) in [5.41, 5.74) is 0.390. The van der Waals surface area contributed by atoms with Crippen LogP contribution in [0.3, 0.4) is 0 Å². The van der Waals surface area contributed by atoms with Gasteiger partial charge in [0.25, 0.3) is 0 Å². The van der Waals surface area contributed by atoms with Crippen molar-refractivity contribution < 1.29 is 4.92 Å². The van der Waals surface area contributed by atoms with E-state index in [0.717, 1.165) is 4.90 Å². The fourth-order valence-electron chi connectivity index (χ4n) is 1.74. The van der Waals surface area contributed by atoms with E-state index >= 15 is 0 Å². The lowest BCUT2D eigenvalue weighted by atomic mass is 10.3. The van der Waals surface area contributed by atoms with Gasteiger partial charge in [-0.05, 0) is 40.2 Å². The fraction of sp³-hybridized carbons (Fsp3) is 0. The Hall–Kier alpha value is -1.47. The van der Waals surface area contributed by atoms with Gasteiger partial charge in [0.05, 0.1) is 4.92 Å². The molecule has 0 aliphatic rings. The molecule has 24 heavy (non-hydrogen) atoms. The van der Waals surface area contributed by atoms with Crippen LogP contribution in [0.1, 0.15) is 0 Å². The standard InChI is InChI=1S/C16H11BrCl2N2O2S/c17-15(19)13(18)14(21(22)23)16(20-11-7-3-1-4-8-11)24-12-9-5-2-6-10-12/h1-10,20H/b15-13+,16-14+. The van der Waals surface area contributed by atoms with E-state index in [0.29, 0.717) is 5.69 Å². The SMILES string of the molecule is O=[N+]([O-])C(/C(Cl)=C(\Cl)Br)=C(\Nc1ccccc1)Sc1ccccc1. The van der Waals surface area contributed by atoms with Crippen molar-refractivity contribution in [3.05, 3.63) is 90.5 Å². The number of halogens is 3. The quantitative estimate of drug-likeness (QED) is 0.242. The number of hydrogen-bond acceptors (Lipinski definition) is 4. The molecule has 0 saturated carbocycles. The molecule has 0 fully saturated rings. The fourth-order valence-corrected chi connectivity index (χ4v) is 3.21. The van der Waals surface area contributed by atoms with Crippen LogP contribution in [0.4, 0.5) is 5.69 Å². The molecule has 2 rings (SSSR count). The molecule has 0 aliphatic heterocycles. The number of nitro groups is 1. The molecule has 0 unspecified atom stereocenters. The number of benzene rings is 2. The van der Waals surface area contributed by atoms with E-state index in [1.54, 1.807) is 12.1 Å². The van der Waals surface area contributed by atoms with Gasteiger partial charge in [0, 0.05) is 10.6 Å². The summed E-state index contributed by atoms with van der Waals surface area (Å²) in [4.78, 5) is 11.8. The maximum atomic E-state index is 11.6. The minimum absolute atomic E-state index is 0.0307. The van der Waals surface area contributed by atoms with Gasteiger partial charge in [-0.3, -0.25) is 10.1 Å². The van der Waals surface area contributed by atoms with E-state index in [4.69, 9.17) is 23.2 Å². The summed E-state index contributed by atoms with van der Waals surface area (Å²) in [5.74, 6) is 0. The zero-order valence-electron chi connectivity index (χ0n) is 12.1. The second-order valence-corrected chi connectivity index (χ2v) is 7.50. The van der Waals surface area contributed by atoms with Gasteiger partial charge in [0.1, 0.15) is 8.97 Å². The lowest BCUT2D eigenvalue weighted by molar-refractivity contribution is -0.420. The Bertz CT molecular complexity index is 736. The van der Waals surface area contributed by atoms with Crippen molar-refractivity contribution >= 4 is 56.6 Å². The highest BCUT2D eigenvalue weighted by Crippen LogP contribution is 2.36. The molecule has 0 atom stereocenters. The minimum atomic E-state index is -0.562. The van der Waals surface area contributed by atoms with Crippen molar-refractivity contribution in [3.63, 3.8) is 0 Å². The van der Waals surface area contributed by atoms with E-state index < -0.39 is 4.92 Å². The molecule has 0 spiro atoms. The zero-order chi connectivity index (χ0) is 17.5. The molecule has 0 aliphatic carbocycles. The van der Waals surface area contributed by atoms with Crippen LogP contribution in [0.25, 0.3) is 0 Å². The molecule has 0 amide bonds. The molecule has 0 radical (unpaired) electrons. The van der Waals surface area contributed by atoms with Gasteiger partial charge in [0.15, 0.2) is 5.03 Å². The molecule has 2 aromatic carbocycles. The summed E-state index contributed by atoms with van der Waals surface area (Å²) >= 11 is 16.0. The number of nitrogens with one attached hydrogen (secondary N) is 1. The summed E-state index contributed by atoms with van der Waals surface area (Å²) < 4.78 is -0.0307. The number of thioether (sulfide) groups is 1. The van der Waals surface area contributed by atoms with E-state index in [-0.39, 0.29) is 19.7 Å². The van der Waals surface area contributed by atoms with Crippen molar-refractivity contribution in [2.24, 2.45) is 0 Å². The number of nitrogens with zero attached hydrogens (tertiary/aromatic N) is 1. The molecule has 0 saturated heterocycles. The number of hydrogen-bond donors (Lipinski definition) is 1. The predicted octanol–water partition coefficient (Wildman–Crippen LogP) is 6.38. The third kappa shape index (κ3) is 5.27. The van der Waals surface area contributed by atoms with E-state index in [9.17, 15) is 10.1 Å². The van der Waals surface area contributed by atoms with Crippen molar-refractivity contribution in [1.29, 1.82) is 0 Å². The Labute approximate surface area is 161 Å². The van der Waals surface area contributed by atoms with Gasteiger partial charge >= 0.3 is 5.70 Å². The summed E-state index contributed by atoms with van der Waals surface area (Å²) in [6.45, 7) is 0. The molecule has 124 valence electrons. The molecule has 4 nitrogen and oxygen atoms in total. The Morgan fingerprint density at radius 2 is 1.58 bits per heavy atom. The van der Waals surface area contributed by atoms with Gasteiger partial charge in [-0.25, -0.2) is 0 Å². The highest BCUT2D eigenvalue weighted by atomic mass is 79.9. The molecule has 0 aromatic heterocycles. The Morgan fingerprint density at radius 3 is 2.08 bits per heavy atom. The van der Waals surface area contributed by atoms with Crippen LogP contribution in [0.2, 0.25) is 0 Å². The first-order chi connectivity index (χ1) is 11.5. The van der Waals surface area contributed by atoms with Crippen LogP contribution in [0, 0.1) is 10.1 Å². The van der Waals surface area contributed by atoms with Gasteiger partial charge in [-0.1, -0.05) is 71.4 Å². The average Bonchev–Trinajstić information content (AvgIpc) is 2.56. The summed E-state index contributed by atoms with van der Waals surface area (Å²) in [5, 5.41) is 14.7. The highest BCUT2D eigenvalue weighted by molar-refractivity contribution is 9.12. The first-order valence-corrected chi connectivity index (χ1v) is 9.00. The second kappa shape index (κ2) is 9.13. The van der Waals surface area contributed by atoms with Crippen LogP contribution in [-0.2, 0) is 0 Å². The molecule has 0 bridgehead atoms. The summed E-state index contributed by atoms with van der Waals surface area (Å²) in [6, 6.07) is 18.4. The summed E-state index contributed by atoms with van der Waals surface area (Å²) in [7, 11) is 0. The highest BCUT2D eigenvalue weighted by Gasteiger charge is 2.26. The number of allylic oxidation sites excluding steroid dienone is 1. The summed E-state index contributed by atoms with van der Waals surface area (Å²) in [6.07, 6.45) is 0. The van der Waals surface area contributed by atoms with Crippen LogP contribution in [0.5, 0.6) is 0 Å². The van der Waals surface area contributed by atoms with E-state index in [2.05, 4.69) is 21.2 Å². The zero-order valence-corrected chi connectivity index (χ0v) is 16.0. The molecule has 1 N–H and O–H groups in total. The van der Waals surface area contributed by atoms with Crippen molar-refractivity contribution in [3.8, 4) is 0 Å². The molecular weight excluding hydrogens is 435 g/mol. The van der Waals surface area contributed by atoms with Crippen LogP contribution in [-0.4, -0.2) is 4.92 Å². The minimum Gasteiger partial charge on any atom is -0.344 e. The first-order valence-electron chi connectivity index (χ1n) is 6.64. The molecular formula is C16H11BrCl2N2O2S. The van der Waals surface area contributed by atoms with Gasteiger partial charge < -0.3 is 5.32 Å². The first kappa shape index (κ1) is 18.9. The smallest absolute Gasteiger partial charge is 0.320 e. The number of rotatable bonds is 6. The third-order valence-corrected chi connectivity index (χ3v) is 5.05. The van der Waals surface area contributed by atoms with Gasteiger partial charge in [-0.15, -0.1) is 0 Å².